The van der Waals surface area contributed by atoms with Crippen LogP contribution in [0.15, 0.2) is 35.3 Å². The Labute approximate surface area is 135 Å². The number of nitrogens with zero attached hydrogens (tertiary/aromatic N) is 1. The predicted molar refractivity (Wildman–Crippen MR) is 92.8 cm³/mol. The zero-order valence-corrected chi connectivity index (χ0v) is 13.5. The van der Waals surface area contributed by atoms with Crippen molar-refractivity contribution < 1.29 is 4.79 Å². The maximum atomic E-state index is 12.3. The molecule has 1 aliphatic carbocycles. The number of hydrogen-bond donors (Lipinski definition) is 2. The van der Waals surface area contributed by atoms with Crippen LogP contribution in [0.3, 0.4) is 0 Å². The Kier molecular flexibility index (Phi) is 4.65. The number of carbonyl (C=O) groups excluding carboxylic acids is 1. The van der Waals surface area contributed by atoms with Gasteiger partial charge in [0.05, 0.1) is 5.69 Å². The molecule has 1 fully saturated rings. The van der Waals surface area contributed by atoms with Crippen molar-refractivity contribution in [3.05, 3.63) is 40.8 Å². The molecule has 1 aromatic heterocycles. The molecule has 0 aliphatic heterocycles. The minimum atomic E-state index is -0.194. The number of pyridine rings is 1. The van der Waals surface area contributed by atoms with E-state index >= 15 is 0 Å². The fourth-order valence-corrected chi connectivity index (χ4v) is 3.28. The summed E-state index contributed by atoms with van der Waals surface area (Å²) in [6, 6.07) is 7.40. The first-order valence-electron chi connectivity index (χ1n) is 8.31. The number of benzene rings is 1. The normalized spacial score (nSPS) is 16.0. The van der Waals surface area contributed by atoms with E-state index in [-0.39, 0.29) is 17.6 Å². The quantitative estimate of drug-likeness (QED) is 0.835. The molecule has 2 amide bonds. The summed E-state index contributed by atoms with van der Waals surface area (Å²) in [4.78, 5) is 24.5. The van der Waals surface area contributed by atoms with Crippen molar-refractivity contribution in [1.29, 1.82) is 0 Å². The molecule has 2 aromatic rings. The number of urea groups is 1. The second kappa shape index (κ2) is 6.86. The first-order valence-corrected chi connectivity index (χ1v) is 8.31. The van der Waals surface area contributed by atoms with E-state index < -0.39 is 0 Å². The van der Waals surface area contributed by atoms with Crippen LogP contribution in [0, 0.1) is 0 Å². The Morgan fingerprint density at radius 2 is 1.74 bits per heavy atom. The number of amides is 2. The maximum absolute atomic E-state index is 12.3. The van der Waals surface area contributed by atoms with Crippen molar-refractivity contribution in [3.63, 3.8) is 0 Å². The van der Waals surface area contributed by atoms with E-state index in [2.05, 4.69) is 10.6 Å². The molecule has 1 heterocycles. The van der Waals surface area contributed by atoms with E-state index in [9.17, 15) is 9.59 Å². The first-order chi connectivity index (χ1) is 11.1. The lowest BCUT2D eigenvalue weighted by molar-refractivity contribution is 0.247. The third kappa shape index (κ3) is 3.55. The molecule has 3 rings (SSSR count). The third-order valence-electron chi connectivity index (χ3n) is 4.53. The van der Waals surface area contributed by atoms with Gasteiger partial charge in [0.2, 0.25) is 0 Å². The molecule has 5 heteroatoms. The molecule has 0 unspecified atom stereocenters. The number of fused-ring (bicyclic) bond motifs is 1. The van der Waals surface area contributed by atoms with Gasteiger partial charge < -0.3 is 15.2 Å². The van der Waals surface area contributed by atoms with Gasteiger partial charge in [0.1, 0.15) is 0 Å². The maximum Gasteiger partial charge on any atom is 0.319 e. The van der Waals surface area contributed by atoms with E-state index in [0.29, 0.717) is 11.1 Å². The Morgan fingerprint density at radius 3 is 2.43 bits per heavy atom. The van der Waals surface area contributed by atoms with Crippen molar-refractivity contribution in [3.8, 4) is 0 Å². The number of hydrogen-bond acceptors (Lipinski definition) is 2. The molecule has 0 bridgehead atoms. The van der Waals surface area contributed by atoms with E-state index in [1.165, 1.54) is 30.3 Å². The summed E-state index contributed by atoms with van der Waals surface area (Å²) in [6.07, 6.45) is 8.62. The second-order valence-corrected chi connectivity index (χ2v) is 6.29. The van der Waals surface area contributed by atoms with Gasteiger partial charge >= 0.3 is 6.03 Å². The Morgan fingerprint density at radius 1 is 1.09 bits per heavy atom. The van der Waals surface area contributed by atoms with Crippen molar-refractivity contribution in [2.75, 3.05) is 5.32 Å². The highest BCUT2D eigenvalue weighted by Gasteiger charge is 2.15. The standard InChI is InChI=1S/C18H23N3O2/c1-21-12-16(14-10-6-7-11-15(14)17(21)22)20-18(23)19-13-8-4-2-3-5-9-13/h6-7,10-13H,2-5,8-9H2,1H3,(H2,19,20,23). The molecule has 0 radical (unpaired) electrons. The van der Waals surface area contributed by atoms with Crippen LogP contribution in [0.2, 0.25) is 0 Å². The highest BCUT2D eigenvalue weighted by Crippen LogP contribution is 2.21. The molecular weight excluding hydrogens is 290 g/mol. The fraction of sp³-hybridized carbons (Fsp3) is 0.444. The van der Waals surface area contributed by atoms with Gasteiger partial charge in [-0.1, -0.05) is 43.9 Å². The predicted octanol–water partition coefficient (Wildman–Crippen LogP) is 3.38. The minimum Gasteiger partial charge on any atom is -0.335 e. The van der Waals surface area contributed by atoms with Gasteiger partial charge in [0.15, 0.2) is 0 Å². The highest BCUT2D eigenvalue weighted by molar-refractivity contribution is 6.00. The highest BCUT2D eigenvalue weighted by atomic mass is 16.2. The van der Waals surface area contributed by atoms with E-state index in [0.717, 1.165) is 18.2 Å². The topological polar surface area (TPSA) is 63.1 Å². The second-order valence-electron chi connectivity index (χ2n) is 6.29. The Hall–Kier alpha value is -2.30. The van der Waals surface area contributed by atoms with Gasteiger partial charge in [0, 0.05) is 30.1 Å². The molecule has 1 aromatic carbocycles. The van der Waals surface area contributed by atoms with Crippen LogP contribution in [-0.4, -0.2) is 16.6 Å². The van der Waals surface area contributed by atoms with Gasteiger partial charge in [-0.3, -0.25) is 4.79 Å². The number of nitrogens with one attached hydrogen (secondary N) is 2. The van der Waals surface area contributed by atoms with Crippen LogP contribution in [0.4, 0.5) is 10.5 Å². The lowest BCUT2D eigenvalue weighted by Crippen LogP contribution is -2.37. The van der Waals surface area contributed by atoms with Crippen LogP contribution in [0.25, 0.3) is 10.8 Å². The van der Waals surface area contributed by atoms with Crippen molar-refractivity contribution >= 4 is 22.5 Å². The molecule has 0 spiro atoms. The van der Waals surface area contributed by atoms with Crippen molar-refractivity contribution in [1.82, 2.24) is 9.88 Å². The zero-order chi connectivity index (χ0) is 16.2. The molecule has 23 heavy (non-hydrogen) atoms. The third-order valence-corrected chi connectivity index (χ3v) is 4.53. The lowest BCUT2D eigenvalue weighted by atomic mass is 10.1. The summed E-state index contributed by atoms with van der Waals surface area (Å²) < 4.78 is 1.50. The molecule has 5 nitrogen and oxygen atoms in total. The molecule has 1 aliphatic rings. The Balaban J connectivity index is 1.79. The van der Waals surface area contributed by atoms with Gasteiger partial charge in [-0.2, -0.15) is 0 Å². The van der Waals surface area contributed by atoms with Crippen LogP contribution in [0.5, 0.6) is 0 Å². The SMILES string of the molecule is Cn1cc(NC(=O)NC2CCCCCC2)c2ccccc2c1=O. The molecule has 1 saturated carbocycles. The van der Waals surface area contributed by atoms with Crippen molar-refractivity contribution in [2.45, 2.75) is 44.6 Å². The molecule has 122 valence electrons. The van der Waals surface area contributed by atoms with E-state index in [4.69, 9.17) is 0 Å². The Bertz CT molecular complexity index is 758. The number of carbonyl (C=O) groups is 1. The number of rotatable bonds is 2. The average Bonchev–Trinajstić information content (AvgIpc) is 2.81. The van der Waals surface area contributed by atoms with Crippen LogP contribution in [-0.2, 0) is 7.05 Å². The lowest BCUT2D eigenvalue weighted by Gasteiger charge is -2.17. The van der Waals surface area contributed by atoms with Crippen LogP contribution >= 0.6 is 0 Å². The van der Waals surface area contributed by atoms with E-state index in [1.54, 1.807) is 19.3 Å². The zero-order valence-electron chi connectivity index (χ0n) is 13.5. The molecule has 0 saturated heterocycles. The first kappa shape index (κ1) is 15.6. The monoisotopic (exact) mass is 313 g/mol. The summed E-state index contributed by atoms with van der Waals surface area (Å²) in [6.45, 7) is 0. The number of aromatic nitrogens is 1. The summed E-state index contributed by atoms with van der Waals surface area (Å²) in [5.41, 5.74) is 0.601. The van der Waals surface area contributed by atoms with Crippen LogP contribution in [0.1, 0.15) is 38.5 Å². The van der Waals surface area contributed by atoms with Gasteiger partial charge in [-0.25, -0.2) is 4.79 Å². The average molecular weight is 313 g/mol. The summed E-state index contributed by atoms with van der Waals surface area (Å²) >= 11 is 0. The smallest absolute Gasteiger partial charge is 0.319 e. The van der Waals surface area contributed by atoms with Gasteiger partial charge in [-0.15, -0.1) is 0 Å². The van der Waals surface area contributed by atoms with E-state index in [1.807, 2.05) is 18.2 Å². The summed E-state index contributed by atoms with van der Waals surface area (Å²) in [5, 5.41) is 7.36. The number of aryl methyl sites for hydroxylation is 1. The molecule has 0 atom stereocenters. The fourth-order valence-electron chi connectivity index (χ4n) is 3.28. The van der Waals surface area contributed by atoms with Crippen molar-refractivity contribution in [2.24, 2.45) is 7.05 Å². The molecular formula is C18H23N3O2. The van der Waals surface area contributed by atoms with Crippen LogP contribution < -0.4 is 16.2 Å². The summed E-state index contributed by atoms with van der Waals surface area (Å²) in [7, 11) is 1.70. The van der Waals surface area contributed by atoms with Gasteiger partial charge in [0.25, 0.3) is 5.56 Å². The number of anilines is 1. The van der Waals surface area contributed by atoms with Gasteiger partial charge in [-0.05, 0) is 18.9 Å². The molecule has 2 N–H and O–H groups in total. The summed E-state index contributed by atoms with van der Waals surface area (Å²) in [5.74, 6) is 0. The minimum absolute atomic E-state index is 0.0599. The largest absolute Gasteiger partial charge is 0.335 e.